The van der Waals surface area contributed by atoms with Crippen LogP contribution >= 0.6 is 11.3 Å². The Balaban J connectivity index is 2.30. The summed E-state index contributed by atoms with van der Waals surface area (Å²) < 4.78 is 0. The number of nitrogens with zero attached hydrogens (tertiary/aromatic N) is 1. The van der Waals surface area contributed by atoms with Crippen molar-refractivity contribution in [3.63, 3.8) is 0 Å². The van der Waals surface area contributed by atoms with Gasteiger partial charge < -0.3 is 0 Å². The lowest BCUT2D eigenvalue weighted by Crippen LogP contribution is -2.34. The molecule has 0 fully saturated rings. The number of imide groups is 1. The van der Waals surface area contributed by atoms with E-state index in [1.54, 1.807) is 18.3 Å². The molecular formula is C13H15NO2S. The van der Waals surface area contributed by atoms with Crippen molar-refractivity contribution < 1.29 is 9.59 Å². The number of amides is 2. The molecule has 2 amide bonds. The van der Waals surface area contributed by atoms with Crippen molar-refractivity contribution in [2.24, 2.45) is 0 Å². The summed E-state index contributed by atoms with van der Waals surface area (Å²) >= 11 is 1.59. The van der Waals surface area contributed by atoms with Gasteiger partial charge in [-0.25, -0.2) is 0 Å². The van der Waals surface area contributed by atoms with Crippen LogP contribution in [0.2, 0.25) is 0 Å². The van der Waals surface area contributed by atoms with Crippen LogP contribution in [0.4, 0.5) is 0 Å². The SMILES string of the molecule is CCCC(c1cccs1)N1C(=O)C=C(C)C1=O. The van der Waals surface area contributed by atoms with Gasteiger partial charge in [0.2, 0.25) is 0 Å². The Morgan fingerprint density at radius 3 is 2.65 bits per heavy atom. The molecule has 0 bridgehead atoms. The van der Waals surface area contributed by atoms with Crippen molar-refractivity contribution in [1.29, 1.82) is 0 Å². The Morgan fingerprint density at radius 2 is 2.18 bits per heavy atom. The average Bonchev–Trinajstić information content (AvgIpc) is 2.88. The number of thiophene rings is 1. The number of carbonyl (C=O) groups excluding carboxylic acids is 2. The summed E-state index contributed by atoms with van der Waals surface area (Å²) in [5, 5.41) is 1.98. The van der Waals surface area contributed by atoms with Gasteiger partial charge in [0.05, 0.1) is 6.04 Å². The van der Waals surface area contributed by atoms with Crippen LogP contribution in [0.1, 0.15) is 37.6 Å². The first-order chi connectivity index (χ1) is 8.15. The van der Waals surface area contributed by atoms with E-state index in [1.165, 1.54) is 11.0 Å². The first kappa shape index (κ1) is 12.0. The standard InChI is InChI=1S/C13H15NO2S/c1-3-5-10(11-6-4-7-17-11)14-12(15)8-9(2)13(14)16/h4,6-8,10H,3,5H2,1-2H3. The zero-order chi connectivity index (χ0) is 12.4. The summed E-state index contributed by atoms with van der Waals surface area (Å²) in [5.41, 5.74) is 0.535. The van der Waals surface area contributed by atoms with Gasteiger partial charge in [-0.1, -0.05) is 19.4 Å². The third kappa shape index (κ3) is 2.17. The minimum Gasteiger partial charge on any atom is -0.269 e. The van der Waals surface area contributed by atoms with Crippen LogP contribution in [-0.2, 0) is 9.59 Å². The minimum absolute atomic E-state index is 0.103. The smallest absolute Gasteiger partial charge is 0.257 e. The molecule has 3 nitrogen and oxygen atoms in total. The van der Waals surface area contributed by atoms with Crippen LogP contribution in [0.5, 0.6) is 0 Å². The molecule has 1 unspecified atom stereocenters. The molecule has 1 atom stereocenters. The lowest BCUT2D eigenvalue weighted by atomic mass is 10.1. The third-order valence-corrected chi connectivity index (χ3v) is 3.85. The molecule has 2 heterocycles. The fraction of sp³-hybridized carbons (Fsp3) is 0.385. The second-order valence-corrected chi connectivity index (χ2v) is 5.14. The van der Waals surface area contributed by atoms with E-state index >= 15 is 0 Å². The van der Waals surface area contributed by atoms with E-state index in [0.29, 0.717) is 5.57 Å². The Kier molecular flexibility index (Phi) is 3.43. The van der Waals surface area contributed by atoms with E-state index in [1.807, 2.05) is 17.5 Å². The van der Waals surface area contributed by atoms with Gasteiger partial charge >= 0.3 is 0 Å². The first-order valence-corrected chi connectivity index (χ1v) is 6.62. The Morgan fingerprint density at radius 1 is 1.41 bits per heavy atom. The zero-order valence-corrected chi connectivity index (χ0v) is 10.8. The zero-order valence-electron chi connectivity index (χ0n) is 9.97. The van der Waals surface area contributed by atoms with Gasteiger partial charge in [0, 0.05) is 16.5 Å². The van der Waals surface area contributed by atoms with E-state index in [-0.39, 0.29) is 17.9 Å². The van der Waals surface area contributed by atoms with E-state index in [4.69, 9.17) is 0 Å². The monoisotopic (exact) mass is 249 g/mol. The molecule has 17 heavy (non-hydrogen) atoms. The number of carbonyl (C=O) groups is 2. The summed E-state index contributed by atoms with van der Waals surface area (Å²) in [6.45, 7) is 3.75. The lowest BCUT2D eigenvalue weighted by Gasteiger charge is -2.25. The van der Waals surface area contributed by atoms with Crippen LogP contribution in [-0.4, -0.2) is 16.7 Å². The molecule has 4 heteroatoms. The van der Waals surface area contributed by atoms with E-state index in [0.717, 1.165) is 17.7 Å². The molecule has 1 aromatic rings. The highest BCUT2D eigenvalue weighted by Crippen LogP contribution is 2.32. The predicted octanol–water partition coefficient (Wildman–Crippen LogP) is 2.90. The van der Waals surface area contributed by atoms with E-state index in [9.17, 15) is 9.59 Å². The van der Waals surface area contributed by atoms with Crippen molar-refractivity contribution in [2.45, 2.75) is 32.7 Å². The fourth-order valence-corrected chi connectivity index (χ4v) is 2.91. The molecule has 0 aliphatic carbocycles. The number of hydrogen-bond donors (Lipinski definition) is 0. The topological polar surface area (TPSA) is 37.4 Å². The number of rotatable bonds is 4. The molecule has 0 saturated carbocycles. The first-order valence-electron chi connectivity index (χ1n) is 5.74. The maximum atomic E-state index is 12.0. The van der Waals surface area contributed by atoms with Gasteiger partial charge in [-0.05, 0) is 24.8 Å². The molecule has 90 valence electrons. The molecule has 1 aliphatic rings. The molecule has 0 spiro atoms. The average molecular weight is 249 g/mol. The molecule has 0 saturated heterocycles. The van der Waals surface area contributed by atoms with Crippen LogP contribution in [0, 0.1) is 0 Å². The van der Waals surface area contributed by atoms with Gasteiger partial charge in [-0.15, -0.1) is 11.3 Å². The van der Waals surface area contributed by atoms with E-state index < -0.39 is 0 Å². The van der Waals surface area contributed by atoms with Crippen LogP contribution in [0.3, 0.4) is 0 Å². The van der Waals surface area contributed by atoms with Gasteiger partial charge in [-0.3, -0.25) is 14.5 Å². The maximum absolute atomic E-state index is 12.0. The maximum Gasteiger partial charge on any atom is 0.257 e. The highest BCUT2D eigenvalue weighted by molar-refractivity contribution is 7.10. The highest BCUT2D eigenvalue weighted by atomic mass is 32.1. The highest BCUT2D eigenvalue weighted by Gasteiger charge is 2.35. The summed E-state index contributed by atoms with van der Waals surface area (Å²) in [4.78, 5) is 26.3. The van der Waals surface area contributed by atoms with Crippen LogP contribution in [0.25, 0.3) is 0 Å². The number of hydrogen-bond acceptors (Lipinski definition) is 3. The molecule has 1 aliphatic heterocycles. The predicted molar refractivity (Wildman–Crippen MR) is 67.6 cm³/mol. The van der Waals surface area contributed by atoms with E-state index in [2.05, 4.69) is 6.92 Å². The second-order valence-electron chi connectivity index (χ2n) is 4.16. The quantitative estimate of drug-likeness (QED) is 0.769. The molecule has 0 radical (unpaired) electrons. The fourth-order valence-electron chi connectivity index (χ4n) is 2.05. The Labute approximate surface area is 105 Å². The van der Waals surface area contributed by atoms with Gasteiger partial charge in [0.15, 0.2) is 0 Å². The van der Waals surface area contributed by atoms with Crippen molar-refractivity contribution in [3.8, 4) is 0 Å². The van der Waals surface area contributed by atoms with Crippen molar-refractivity contribution in [2.75, 3.05) is 0 Å². The van der Waals surface area contributed by atoms with Crippen molar-refractivity contribution in [1.82, 2.24) is 4.90 Å². The summed E-state index contributed by atoms with van der Waals surface area (Å²) in [5.74, 6) is -0.332. The molecule has 2 rings (SSSR count). The van der Waals surface area contributed by atoms with Gasteiger partial charge in [0.25, 0.3) is 11.8 Å². The summed E-state index contributed by atoms with van der Waals surface area (Å²) in [6, 6.07) is 3.83. The molecule has 0 aromatic carbocycles. The molecule has 0 N–H and O–H groups in total. The lowest BCUT2D eigenvalue weighted by molar-refractivity contribution is -0.140. The molecular weight excluding hydrogens is 234 g/mol. The largest absolute Gasteiger partial charge is 0.269 e. The summed E-state index contributed by atoms with van der Waals surface area (Å²) in [6.07, 6.45) is 3.19. The van der Waals surface area contributed by atoms with Gasteiger partial charge in [0.1, 0.15) is 0 Å². The second kappa shape index (κ2) is 4.84. The van der Waals surface area contributed by atoms with Crippen LogP contribution < -0.4 is 0 Å². The summed E-state index contributed by atoms with van der Waals surface area (Å²) in [7, 11) is 0. The molecule has 1 aromatic heterocycles. The minimum atomic E-state index is -0.181. The third-order valence-electron chi connectivity index (χ3n) is 2.88. The van der Waals surface area contributed by atoms with Crippen LogP contribution in [0.15, 0.2) is 29.2 Å². The Hall–Kier alpha value is -1.42. The Bertz CT molecular complexity index is 462. The van der Waals surface area contributed by atoms with Crippen molar-refractivity contribution >= 4 is 23.2 Å². The van der Waals surface area contributed by atoms with Crippen molar-refractivity contribution in [3.05, 3.63) is 34.0 Å². The van der Waals surface area contributed by atoms with Gasteiger partial charge in [-0.2, -0.15) is 0 Å². The normalized spacial score (nSPS) is 17.5.